The van der Waals surface area contributed by atoms with E-state index in [2.05, 4.69) is 53.4 Å². The van der Waals surface area contributed by atoms with Crippen molar-refractivity contribution in [2.45, 2.75) is 26.4 Å². The van der Waals surface area contributed by atoms with E-state index in [-0.39, 0.29) is 5.91 Å². The molecule has 0 fully saturated rings. The predicted molar refractivity (Wildman–Crippen MR) is 119 cm³/mol. The number of carboxylic acid groups (broad SMARTS) is 1. The van der Waals surface area contributed by atoms with Crippen LogP contribution >= 0.6 is 0 Å². The molecule has 1 aromatic carbocycles. The molecule has 6 nitrogen and oxygen atoms in total. The minimum absolute atomic E-state index is 0.00199. The molecule has 1 amide bonds. The maximum absolute atomic E-state index is 12.0. The Morgan fingerprint density at radius 2 is 1.88 bits per heavy atom. The Morgan fingerprint density at radius 1 is 1.15 bits per heavy atom. The zero-order valence-corrected chi connectivity index (χ0v) is 18.0. The number of rotatable bonds is 3. The number of nitrogens with zero attached hydrogens (tertiary/aromatic N) is 1. The molecule has 0 aliphatic carbocycles. The van der Waals surface area contributed by atoms with Crippen molar-refractivity contribution in [3.63, 3.8) is 0 Å². The highest BCUT2D eigenvalue weighted by Gasteiger charge is 2.38. The maximum atomic E-state index is 12.0. The van der Waals surface area contributed by atoms with E-state index in [1.54, 1.807) is 6.20 Å². The molecule has 9 heteroatoms. The molecule has 3 N–H and O–H groups in total. The van der Waals surface area contributed by atoms with E-state index in [4.69, 9.17) is 9.90 Å². The Balaban J connectivity index is 0.000000383. The minimum Gasteiger partial charge on any atom is -0.475 e. The van der Waals surface area contributed by atoms with Gasteiger partial charge in [-0.1, -0.05) is 24.3 Å². The Labute approximate surface area is 188 Å². The second-order valence-electron chi connectivity index (χ2n) is 7.48. The first-order valence-electron chi connectivity index (χ1n) is 10.1. The van der Waals surface area contributed by atoms with Crippen LogP contribution < -0.4 is 5.32 Å². The predicted octanol–water partition coefficient (Wildman–Crippen LogP) is 4.78. The monoisotopic (exact) mass is 457 g/mol. The summed E-state index contributed by atoms with van der Waals surface area (Å²) in [6, 6.07) is 12.2. The zero-order chi connectivity index (χ0) is 24.2. The van der Waals surface area contributed by atoms with Crippen LogP contribution in [0.4, 0.5) is 13.2 Å². The van der Waals surface area contributed by atoms with E-state index in [9.17, 15) is 18.0 Å². The number of hydrogen-bond donors (Lipinski definition) is 3. The van der Waals surface area contributed by atoms with Gasteiger partial charge in [0.05, 0.1) is 11.3 Å². The highest BCUT2D eigenvalue weighted by Crippen LogP contribution is 2.25. The van der Waals surface area contributed by atoms with Crippen molar-refractivity contribution >= 4 is 24.0 Å². The first-order valence-corrected chi connectivity index (χ1v) is 10.1. The van der Waals surface area contributed by atoms with E-state index >= 15 is 0 Å². The summed E-state index contributed by atoms with van der Waals surface area (Å²) in [4.78, 5) is 28.7. The third-order valence-electron chi connectivity index (χ3n) is 5.22. The minimum atomic E-state index is -5.08. The standard InChI is InChI=1S/C22H21N3O.C2HF3O2/c1-14-4-3-5-16(15(14)2)6-7-18-12-17(8-10-23-18)21-13-19-20(25-21)9-11-24-22(19)26;3-2(4,5)1(6)7/h3-8,10,12-13,25H,9,11H2,1-2H3,(H,24,26);(H,6,7). The molecule has 3 heterocycles. The van der Waals surface area contributed by atoms with Crippen LogP contribution in [0.2, 0.25) is 0 Å². The van der Waals surface area contributed by atoms with Gasteiger partial charge in [0.2, 0.25) is 0 Å². The number of aryl methyl sites for hydroxylation is 1. The summed E-state index contributed by atoms with van der Waals surface area (Å²) in [6.07, 6.45) is 1.69. The Morgan fingerprint density at radius 3 is 2.55 bits per heavy atom. The van der Waals surface area contributed by atoms with Crippen LogP contribution in [0.1, 0.15) is 38.4 Å². The largest absolute Gasteiger partial charge is 0.490 e. The summed E-state index contributed by atoms with van der Waals surface area (Å²) in [6.45, 7) is 4.94. The lowest BCUT2D eigenvalue weighted by Crippen LogP contribution is -2.31. The van der Waals surface area contributed by atoms with Gasteiger partial charge in [0.1, 0.15) is 0 Å². The van der Waals surface area contributed by atoms with E-state index in [1.165, 1.54) is 16.7 Å². The number of benzene rings is 1. The van der Waals surface area contributed by atoms with Crippen LogP contribution in [0.5, 0.6) is 0 Å². The molecule has 172 valence electrons. The lowest BCUT2D eigenvalue weighted by Gasteiger charge is -2.10. The molecule has 1 aliphatic rings. The number of carboxylic acids is 1. The SMILES string of the molecule is Cc1cccc(C=Cc2cc(-c3cc4c([nH]3)CCNC4=O)ccn2)c1C.O=C(O)C(F)(F)F. The molecule has 2 aromatic heterocycles. The molecule has 4 rings (SSSR count). The number of halogens is 3. The second-order valence-corrected chi connectivity index (χ2v) is 7.48. The molecule has 0 spiro atoms. The average molecular weight is 457 g/mol. The van der Waals surface area contributed by atoms with Gasteiger partial charge >= 0.3 is 12.1 Å². The second kappa shape index (κ2) is 9.72. The first-order chi connectivity index (χ1) is 15.6. The van der Waals surface area contributed by atoms with Crippen molar-refractivity contribution in [1.82, 2.24) is 15.3 Å². The van der Waals surface area contributed by atoms with Crippen molar-refractivity contribution in [2.24, 2.45) is 0 Å². The summed E-state index contributed by atoms with van der Waals surface area (Å²) in [5.74, 6) is -2.76. The van der Waals surface area contributed by atoms with Gasteiger partial charge in [-0.3, -0.25) is 9.78 Å². The highest BCUT2D eigenvalue weighted by atomic mass is 19.4. The smallest absolute Gasteiger partial charge is 0.475 e. The number of carbonyl (C=O) groups is 2. The lowest BCUT2D eigenvalue weighted by molar-refractivity contribution is -0.192. The lowest BCUT2D eigenvalue weighted by atomic mass is 10.0. The molecule has 3 aromatic rings. The fourth-order valence-electron chi connectivity index (χ4n) is 3.29. The Bertz CT molecular complexity index is 1210. The first kappa shape index (κ1) is 23.8. The summed E-state index contributed by atoms with van der Waals surface area (Å²) in [5.41, 5.74) is 8.39. The third-order valence-corrected chi connectivity index (χ3v) is 5.22. The molecular formula is C24H22F3N3O3. The van der Waals surface area contributed by atoms with E-state index in [1.807, 2.05) is 24.3 Å². The average Bonchev–Trinajstić information content (AvgIpc) is 3.21. The normalized spacial score (nSPS) is 13.2. The van der Waals surface area contributed by atoms with Crippen LogP contribution in [0, 0.1) is 13.8 Å². The summed E-state index contributed by atoms with van der Waals surface area (Å²) in [7, 11) is 0. The number of amides is 1. The molecular weight excluding hydrogens is 435 g/mol. The van der Waals surface area contributed by atoms with Gasteiger partial charge in [-0.25, -0.2) is 4.79 Å². The fraction of sp³-hybridized carbons (Fsp3) is 0.208. The van der Waals surface area contributed by atoms with Crippen molar-refractivity contribution < 1.29 is 27.9 Å². The van der Waals surface area contributed by atoms with Gasteiger partial charge in [-0.2, -0.15) is 13.2 Å². The maximum Gasteiger partial charge on any atom is 0.490 e. The molecule has 0 saturated heterocycles. The zero-order valence-electron chi connectivity index (χ0n) is 18.0. The van der Waals surface area contributed by atoms with Gasteiger partial charge in [0.25, 0.3) is 5.91 Å². The molecule has 0 bridgehead atoms. The molecule has 0 saturated carbocycles. The number of aromatic nitrogens is 2. The van der Waals surface area contributed by atoms with Crippen LogP contribution in [0.25, 0.3) is 23.4 Å². The Kier molecular flexibility index (Phi) is 7.01. The van der Waals surface area contributed by atoms with E-state index in [0.29, 0.717) is 6.54 Å². The van der Waals surface area contributed by atoms with Gasteiger partial charge < -0.3 is 15.4 Å². The van der Waals surface area contributed by atoms with E-state index < -0.39 is 12.1 Å². The van der Waals surface area contributed by atoms with Gasteiger partial charge in [0.15, 0.2) is 0 Å². The van der Waals surface area contributed by atoms with Crippen molar-refractivity contribution in [3.05, 3.63) is 76.2 Å². The van der Waals surface area contributed by atoms with Crippen LogP contribution in [0.15, 0.2) is 42.6 Å². The number of H-pyrrole nitrogens is 1. The van der Waals surface area contributed by atoms with Gasteiger partial charge in [-0.15, -0.1) is 0 Å². The molecule has 0 atom stereocenters. The van der Waals surface area contributed by atoms with E-state index in [0.717, 1.165) is 34.6 Å². The van der Waals surface area contributed by atoms with Crippen LogP contribution in [-0.4, -0.2) is 39.7 Å². The fourth-order valence-corrected chi connectivity index (χ4v) is 3.29. The quantitative estimate of drug-likeness (QED) is 0.527. The number of hydrogen-bond acceptors (Lipinski definition) is 3. The summed E-state index contributed by atoms with van der Waals surface area (Å²) < 4.78 is 31.7. The van der Waals surface area contributed by atoms with Gasteiger partial charge in [-0.05, 0) is 54.8 Å². The molecule has 33 heavy (non-hydrogen) atoms. The van der Waals surface area contributed by atoms with Crippen molar-refractivity contribution in [3.8, 4) is 11.3 Å². The number of pyridine rings is 1. The molecule has 0 unspecified atom stereocenters. The van der Waals surface area contributed by atoms with Crippen LogP contribution in [0.3, 0.4) is 0 Å². The van der Waals surface area contributed by atoms with Crippen molar-refractivity contribution in [2.75, 3.05) is 6.54 Å². The molecule has 1 aliphatic heterocycles. The summed E-state index contributed by atoms with van der Waals surface area (Å²) in [5, 5.41) is 10.0. The third kappa shape index (κ3) is 5.88. The number of fused-ring (bicyclic) bond motifs is 1. The number of aromatic amines is 1. The topological polar surface area (TPSA) is 95.1 Å². The number of carbonyl (C=O) groups excluding carboxylic acids is 1. The number of alkyl halides is 3. The summed E-state index contributed by atoms with van der Waals surface area (Å²) >= 11 is 0. The van der Waals surface area contributed by atoms with Gasteiger partial charge in [0, 0.05) is 36.1 Å². The Hall–Kier alpha value is -3.88. The van der Waals surface area contributed by atoms with Crippen molar-refractivity contribution in [1.29, 1.82) is 0 Å². The van der Waals surface area contributed by atoms with Crippen LogP contribution in [-0.2, 0) is 11.2 Å². The number of aliphatic carboxylic acids is 1. The number of nitrogens with one attached hydrogen (secondary N) is 2. The molecule has 0 radical (unpaired) electrons. The highest BCUT2D eigenvalue weighted by molar-refractivity contribution is 5.97.